The maximum absolute atomic E-state index is 12.5. The molecular weight excluding hydrogens is 509 g/mol. The molecule has 0 aliphatic heterocycles. The molecule has 2 amide bonds. The number of ether oxygens (including phenoxy) is 3. The van der Waals surface area contributed by atoms with Gasteiger partial charge in [-0.05, 0) is 67.6 Å². The number of hydrazone groups is 1. The highest BCUT2D eigenvalue weighted by Crippen LogP contribution is 2.29. The summed E-state index contributed by atoms with van der Waals surface area (Å²) < 4.78 is 15.9. The number of rotatable bonds is 7. The Morgan fingerprint density at radius 2 is 1.42 bits per heavy atom. The molecule has 0 radical (unpaired) electrons. The van der Waals surface area contributed by atoms with E-state index in [1.165, 1.54) is 38.5 Å². The number of methoxy groups -OCH3 is 2. The summed E-state index contributed by atoms with van der Waals surface area (Å²) in [6, 6.07) is 15.6. The second-order valence-electron chi connectivity index (χ2n) is 7.23. The molecule has 0 aliphatic rings. The summed E-state index contributed by atoms with van der Waals surface area (Å²) in [6.45, 7) is 1.62. The van der Waals surface area contributed by atoms with Gasteiger partial charge < -0.3 is 19.5 Å². The number of nitrogens with one attached hydrogen (secondary N) is 2. The zero-order chi connectivity index (χ0) is 26.2. The molecule has 3 rings (SSSR count). The van der Waals surface area contributed by atoms with Gasteiger partial charge in [0.1, 0.15) is 5.75 Å². The van der Waals surface area contributed by atoms with Gasteiger partial charge in [0.25, 0.3) is 0 Å². The molecule has 0 aromatic heterocycles. The third-order valence-electron chi connectivity index (χ3n) is 4.76. The van der Waals surface area contributed by atoms with Crippen molar-refractivity contribution in [2.24, 2.45) is 5.10 Å². The van der Waals surface area contributed by atoms with Crippen LogP contribution in [0.2, 0.25) is 10.0 Å². The lowest BCUT2D eigenvalue weighted by molar-refractivity contribution is -0.136. The molecule has 0 unspecified atom stereocenters. The first kappa shape index (κ1) is 26.5. The fourth-order valence-electron chi connectivity index (χ4n) is 2.93. The lowest BCUT2D eigenvalue weighted by Gasteiger charge is -2.11. The number of nitrogens with zero attached hydrogens (tertiary/aromatic N) is 1. The van der Waals surface area contributed by atoms with Crippen molar-refractivity contribution in [2.75, 3.05) is 19.5 Å². The summed E-state index contributed by atoms with van der Waals surface area (Å²) in [7, 11) is 2.95. The van der Waals surface area contributed by atoms with Crippen LogP contribution in [-0.4, -0.2) is 37.7 Å². The number of hydrogen-bond donors (Lipinski definition) is 2. The van der Waals surface area contributed by atoms with Crippen LogP contribution >= 0.6 is 23.2 Å². The first-order valence-electron chi connectivity index (χ1n) is 10.4. The highest BCUT2D eigenvalue weighted by Gasteiger charge is 2.16. The number of carbonyl (C=O) groups is 3. The van der Waals surface area contributed by atoms with Crippen LogP contribution in [0.3, 0.4) is 0 Å². The summed E-state index contributed by atoms with van der Waals surface area (Å²) in [5.74, 6) is -1.45. The van der Waals surface area contributed by atoms with E-state index in [9.17, 15) is 14.4 Å². The third kappa shape index (κ3) is 6.97. The van der Waals surface area contributed by atoms with E-state index in [4.69, 9.17) is 37.4 Å². The molecule has 11 heteroatoms. The van der Waals surface area contributed by atoms with Crippen molar-refractivity contribution < 1.29 is 28.6 Å². The molecule has 0 spiro atoms. The van der Waals surface area contributed by atoms with Gasteiger partial charge in [-0.25, -0.2) is 10.2 Å². The van der Waals surface area contributed by atoms with Gasteiger partial charge in [-0.2, -0.15) is 5.10 Å². The Bertz CT molecular complexity index is 1310. The molecule has 0 bridgehead atoms. The first-order valence-corrected chi connectivity index (χ1v) is 11.1. The summed E-state index contributed by atoms with van der Waals surface area (Å²) in [6.07, 6.45) is 0. The number of benzene rings is 3. The largest absolute Gasteiger partial charge is 0.497 e. The maximum Gasteiger partial charge on any atom is 0.343 e. The van der Waals surface area contributed by atoms with Crippen molar-refractivity contribution in [3.8, 4) is 17.2 Å². The van der Waals surface area contributed by atoms with Crippen LogP contribution in [0, 0.1) is 0 Å². The smallest absolute Gasteiger partial charge is 0.343 e. The van der Waals surface area contributed by atoms with E-state index in [2.05, 4.69) is 15.8 Å². The highest BCUT2D eigenvalue weighted by atomic mass is 35.5. The van der Waals surface area contributed by atoms with Gasteiger partial charge >= 0.3 is 17.8 Å². The predicted molar refractivity (Wildman–Crippen MR) is 136 cm³/mol. The lowest BCUT2D eigenvalue weighted by Crippen LogP contribution is -2.32. The van der Waals surface area contributed by atoms with Crippen LogP contribution < -0.4 is 25.0 Å². The predicted octanol–water partition coefficient (Wildman–Crippen LogP) is 4.71. The zero-order valence-corrected chi connectivity index (χ0v) is 20.9. The zero-order valence-electron chi connectivity index (χ0n) is 19.4. The number of esters is 1. The average molecular weight is 530 g/mol. The van der Waals surface area contributed by atoms with E-state index in [1.54, 1.807) is 43.3 Å². The van der Waals surface area contributed by atoms with Crippen LogP contribution in [0.15, 0.2) is 65.8 Å². The molecule has 0 fully saturated rings. The Balaban J connectivity index is 1.66. The van der Waals surface area contributed by atoms with Gasteiger partial charge in [0.15, 0.2) is 11.5 Å². The molecule has 36 heavy (non-hydrogen) atoms. The van der Waals surface area contributed by atoms with Crippen molar-refractivity contribution >= 4 is 52.4 Å². The number of hydrogen-bond acceptors (Lipinski definition) is 7. The van der Waals surface area contributed by atoms with Crippen LogP contribution in [-0.2, 0) is 9.59 Å². The molecule has 0 aliphatic carbocycles. The fraction of sp³-hybridized carbons (Fsp3) is 0.120. The minimum atomic E-state index is -0.998. The van der Waals surface area contributed by atoms with Gasteiger partial charge in [0.05, 0.1) is 25.5 Å². The van der Waals surface area contributed by atoms with Crippen LogP contribution in [0.5, 0.6) is 17.2 Å². The van der Waals surface area contributed by atoms with Gasteiger partial charge in [-0.3, -0.25) is 9.59 Å². The van der Waals surface area contributed by atoms with Gasteiger partial charge in [-0.15, -0.1) is 0 Å². The molecule has 0 atom stereocenters. The fourth-order valence-corrected chi connectivity index (χ4v) is 3.45. The maximum atomic E-state index is 12.5. The van der Waals surface area contributed by atoms with E-state index in [-0.39, 0.29) is 17.2 Å². The third-order valence-corrected chi connectivity index (χ3v) is 5.20. The standard InChI is InChI=1S/C25H21Cl2N3O6/c1-14(29-30-24(32)23(31)28-19-12-17(26)11-18(27)13-19)16-6-9-21(22(10-16)35-3)36-25(33)15-4-7-20(34-2)8-5-15/h4-13H,1-3H3,(H,28,31)(H,30,32). The van der Waals surface area contributed by atoms with Crippen LogP contribution in [0.4, 0.5) is 5.69 Å². The van der Waals surface area contributed by atoms with E-state index >= 15 is 0 Å². The Morgan fingerprint density at radius 3 is 2.03 bits per heavy atom. The average Bonchev–Trinajstić information content (AvgIpc) is 2.86. The minimum Gasteiger partial charge on any atom is -0.497 e. The van der Waals surface area contributed by atoms with Crippen molar-refractivity contribution in [3.05, 3.63) is 81.8 Å². The molecule has 0 saturated carbocycles. The van der Waals surface area contributed by atoms with Crippen LogP contribution in [0.1, 0.15) is 22.8 Å². The van der Waals surface area contributed by atoms with Crippen molar-refractivity contribution in [2.45, 2.75) is 6.92 Å². The van der Waals surface area contributed by atoms with E-state index in [1.807, 2.05) is 0 Å². The van der Waals surface area contributed by atoms with E-state index in [0.717, 1.165) is 0 Å². The van der Waals surface area contributed by atoms with E-state index in [0.29, 0.717) is 32.6 Å². The summed E-state index contributed by atoms with van der Waals surface area (Å²) in [4.78, 5) is 36.7. The number of anilines is 1. The lowest BCUT2D eigenvalue weighted by atomic mass is 10.1. The summed E-state index contributed by atoms with van der Waals surface area (Å²) >= 11 is 11.8. The van der Waals surface area contributed by atoms with Crippen molar-refractivity contribution in [1.82, 2.24) is 5.43 Å². The quantitative estimate of drug-likeness (QED) is 0.150. The Morgan fingerprint density at radius 1 is 0.778 bits per heavy atom. The second-order valence-corrected chi connectivity index (χ2v) is 8.11. The van der Waals surface area contributed by atoms with Gasteiger partial charge in [0, 0.05) is 21.3 Å². The summed E-state index contributed by atoms with van der Waals surface area (Å²) in [5, 5.41) is 6.95. The number of halogens is 2. The Kier molecular flexibility index (Phi) is 8.88. The second kappa shape index (κ2) is 12.1. The molecule has 186 valence electrons. The molecule has 0 heterocycles. The molecule has 9 nitrogen and oxygen atoms in total. The Labute approximate surface area is 216 Å². The highest BCUT2D eigenvalue weighted by molar-refractivity contribution is 6.40. The molecule has 0 saturated heterocycles. The first-order chi connectivity index (χ1) is 17.2. The Hall–Kier alpha value is -4.08. The molecule has 2 N–H and O–H groups in total. The van der Waals surface area contributed by atoms with Gasteiger partial charge in [0.2, 0.25) is 0 Å². The van der Waals surface area contributed by atoms with Crippen LogP contribution in [0.25, 0.3) is 0 Å². The molecule has 3 aromatic rings. The molecular formula is C25H21Cl2N3O6. The summed E-state index contributed by atoms with van der Waals surface area (Å²) in [5.41, 5.74) is 3.70. The number of carbonyl (C=O) groups excluding carboxylic acids is 3. The number of amides is 2. The van der Waals surface area contributed by atoms with Crippen molar-refractivity contribution in [1.29, 1.82) is 0 Å². The van der Waals surface area contributed by atoms with E-state index < -0.39 is 17.8 Å². The van der Waals surface area contributed by atoms with Gasteiger partial charge in [-0.1, -0.05) is 23.2 Å². The minimum absolute atomic E-state index is 0.193. The topological polar surface area (TPSA) is 115 Å². The van der Waals surface area contributed by atoms with Crippen molar-refractivity contribution in [3.63, 3.8) is 0 Å². The normalized spacial score (nSPS) is 10.9. The monoisotopic (exact) mass is 529 g/mol. The molecule has 3 aromatic carbocycles. The SMILES string of the molecule is COc1ccc(C(=O)Oc2ccc(C(C)=NNC(=O)C(=O)Nc3cc(Cl)cc(Cl)c3)cc2OC)cc1.